The molecule has 4 nitrogen and oxygen atoms in total. The molecular weight excluding hydrogens is 368 g/mol. The first kappa shape index (κ1) is 20.5. The van der Waals surface area contributed by atoms with Crippen molar-refractivity contribution in [3.05, 3.63) is 21.9 Å². The minimum absolute atomic E-state index is 0.182. The van der Waals surface area contributed by atoms with Gasteiger partial charge in [0.05, 0.1) is 11.0 Å². The van der Waals surface area contributed by atoms with Crippen molar-refractivity contribution in [1.29, 1.82) is 0 Å². The van der Waals surface area contributed by atoms with Crippen LogP contribution in [0.4, 0.5) is 0 Å². The van der Waals surface area contributed by atoms with Crippen LogP contribution in [0.15, 0.2) is 11.4 Å². The van der Waals surface area contributed by atoms with Crippen molar-refractivity contribution < 1.29 is 9.53 Å². The van der Waals surface area contributed by atoms with Crippen molar-refractivity contribution in [1.82, 2.24) is 9.80 Å². The molecule has 0 aromatic carbocycles. The summed E-state index contributed by atoms with van der Waals surface area (Å²) in [6.45, 7) is 8.32. The van der Waals surface area contributed by atoms with E-state index in [1.807, 2.05) is 0 Å². The van der Waals surface area contributed by atoms with E-state index in [1.54, 1.807) is 18.3 Å². The lowest BCUT2D eigenvalue weighted by atomic mass is 9.94. The molecule has 28 heavy (non-hydrogen) atoms. The number of carbonyl (C=O) groups excluding carboxylic acids is 1. The molecule has 0 N–H and O–H groups in total. The zero-order chi connectivity index (χ0) is 19.3. The highest BCUT2D eigenvalue weighted by Crippen LogP contribution is 2.29. The summed E-state index contributed by atoms with van der Waals surface area (Å²) in [6.07, 6.45) is 11.2. The Morgan fingerprint density at radius 2 is 1.93 bits per heavy atom. The zero-order valence-corrected chi connectivity index (χ0v) is 18.2. The summed E-state index contributed by atoms with van der Waals surface area (Å²) >= 11 is 1.59. The van der Waals surface area contributed by atoms with Gasteiger partial charge < -0.3 is 9.64 Å². The number of ether oxygens (including phenoxy) is 1. The van der Waals surface area contributed by atoms with Crippen molar-refractivity contribution in [2.45, 2.75) is 77.0 Å². The molecule has 1 saturated carbocycles. The Morgan fingerprint density at radius 1 is 1.14 bits per heavy atom. The third kappa shape index (κ3) is 5.44. The Labute approximate surface area is 174 Å². The maximum atomic E-state index is 11.7. The van der Waals surface area contributed by atoms with Gasteiger partial charge in [0.2, 0.25) is 0 Å². The predicted octanol–water partition coefficient (Wildman–Crippen LogP) is 4.59. The number of hydrogen-bond acceptors (Lipinski definition) is 5. The molecule has 0 unspecified atom stereocenters. The number of nitrogens with zero attached hydrogens (tertiary/aromatic N) is 2. The van der Waals surface area contributed by atoms with Crippen LogP contribution < -0.4 is 0 Å². The fraction of sp³-hybridized carbons (Fsp3) is 0.783. The Morgan fingerprint density at radius 3 is 2.57 bits per heavy atom. The number of Topliss-reactive ketones (excluding diaryl/α,β-unsaturated/α-hetero) is 1. The van der Waals surface area contributed by atoms with Gasteiger partial charge in [-0.15, -0.1) is 11.3 Å². The third-order valence-corrected chi connectivity index (χ3v) is 7.98. The van der Waals surface area contributed by atoms with E-state index in [-0.39, 0.29) is 5.78 Å². The van der Waals surface area contributed by atoms with Gasteiger partial charge in [-0.2, -0.15) is 0 Å². The van der Waals surface area contributed by atoms with Gasteiger partial charge in [-0.05, 0) is 81.5 Å². The second-order valence-electron chi connectivity index (χ2n) is 9.12. The van der Waals surface area contributed by atoms with E-state index in [1.165, 1.54) is 76.6 Å². The second-order valence-corrected chi connectivity index (χ2v) is 10.0. The van der Waals surface area contributed by atoms with Crippen molar-refractivity contribution in [2.75, 3.05) is 32.8 Å². The van der Waals surface area contributed by atoms with E-state index in [0.29, 0.717) is 6.10 Å². The Hall–Kier alpha value is -0.750. The van der Waals surface area contributed by atoms with Gasteiger partial charge in [0.25, 0.3) is 0 Å². The van der Waals surface area contributed by atoms with E-state index in [0.717, 1.165) is 36.5 Å². The van der Waals surface area contributed by atoms with E-state index in [9.17, 15) is 4.79 Å². The second kappa shape index (κ2) is 9.84. The van der Waals surface area contributed by atoms with Gasteiger partial charge in [0.15, 0.2) is 5.78 Å². The summed E-state index contributed by atoms with van der Waals surface area (Å²) in [7, 11) is 0. The number of hydrogen-bond donors (Lipinski definition) is 0. The highest BCUT2D eigenvalue weighted by atomic mass is 32.1. The smallest absolute Gasteiger partial charge is 0.169 e. The maximum absolute atomic E-state index is 11.7. The first-order valence-corrected chi connectivity index (χ1v) is 12.2. The van der Waals surface area contributed by atoms with E-state index in [2.05, 4.69) is 21.2 Å². The number of piperidine rings is 1. The van der Waals surface area contributed by atoms with Crippen LogP contribution in [0.25, 0.3) is 0 Å². The van der Waals surface area contributed by atoms with Crippen LogP contribution in [-0.4, -0.2) is 60.5 Å². The minimum Gasteiger partial charge on any atom is -0.377 e. The third-order valence-electron chi connectivity index (χ3n) is 6.90. The number of ketones is 1. The molecular formula is C23H36N2O2S. The first-order valence-electron chi connectivity index (χ1n) is 11.3. The molecule has 2 aliphatic heterocycles. The monoisotopic (exact) mass is 404 g/mol. The van der Waals surface area contributed by atoms with Crippen molar-refractivity contribution in [3.8, 4) is 0 Å². The van der Waals surface area contributed by atoms with Crippen LogP contribution in [0, 0.1) is 5.92 Å². The van der Waals surface area contributed by atoms with Crippen molar-refractivity contribution >= 4 is 17.1 Å². The van der Waals surface area contributed by atoms with Gasteiger partial charge in [0.1, 0.15) is 0 Å². The fourth-order valence-electron chi connectivity index (χ4n) is 5.32. The molecule has 1 aromatic rings. The molecule has 1 aliphatic carbocycles. The largest absolute Gasteiger partial charge is 0.377 e. The van der Waals surface area contributed by atoms with Crippen molar-refractivity contribution in [2.24, 2.45) is 5.92 Å². The summed E-state index contributed by atoms with van der Waals surface area (Å²) in [6, 6.07) is 2.97. The van der Waals surface area contributed by atoms with Gasteiger partial charge in [-0.1, -0.05) is 12.8 Å². The summed E-state index contributed by atoms with van der Waals surface area (Å²) in [4.78, 5) is 17.9. The molecule has 1 atom stereocenters. The molecule has 2 saturated heterocycles. The maximum Gasteiger partial charge on any atom is 0.169 e. The summed E-state index contributed by atoms with van der Waals surface area (Å²) in [5.41, 5.74) is 1.29. The first-order chi connectivity index (χ1) is 13.7. The van der Waals surface area contributed by atoms with Crippen LogP contribution in [0.5, 0.6) is 0 Å². The highest BCUT2D eigenvalue weighted by Gasteiger charge is 2.29. The average molecular weight is 405 g/mol. The predicted molar refractivity (Wildman–Crippen MR) is 115 cm³/mol. The minimum atomic E-state index is 0.182. The molecule has 0 radical (unpaired) electrons. The molecule has 0 bridgehead atoms. The van der Waals surface area contributed by atoms with E-state index >= 15 is 0 Å². The van der Waals surface area contributed by atoms with Crippen molar-refractivity contribution in [3.63, 3.8) is 0 Å². The summed E-state index contributed by atoms with van der Waals surface area (Å²) < 4.78 is 5.94. The lowest BCUT2D eigenvalue weighted by molar-refractivity contribution is 0.0540. The molecule has 156 valence electrons. The van der Waals surface area contributed by atoms with Crippen LogP contribution in [-0.2, 0) is 11.3 Å². The Kier molecular flexibility index (Phi) is 7.21. The Balaban J connectivity index is 1.32. The van der Waals surface area contributed by atoms with E-state index < -0.39 is 0 Å². The topological polar surface area (TPSA) is 32.8 Å². The number of thiophene rings is 1. The standard InChI is InChI=1S/C23H36N2O2S/c1-18(26)23-13-20(17-28-23)15-24(16-22-7-4-12-27-22)14-19-8-10-25(11-9-19)21-5-2-3-6-21/h13,17,19,21-22H,2-12,14-16H2,1H3/t22-/m0/s1. The summed E-state index contributed by atoms with van der Waals surface area (Å²) in [5, 5.41) is 2.17. The molecule has 0 spiro atoms. The van der Waals surface area contributed by atoms with Gasteiger partial charge >= 0.3 is 0 Å². The fourth-order valence-corrected chi connectivity index (χ4v) is 6.12. The SMILES string of the molecule is CC(=O)c1cc(CN(CC2CCN(C3CCCC3)CC2)C[C@@H]2CCCO2)cs1. The molecule has 5 heteroatoms. The molecule has 3 aliphatic rings. The number of carbonyl (C=O) groups is 1. The molecule has 3 heterocycles. The van der Waals surface area contributed by atoms with E-state index in [4.69, 9.17) is 4.74 Å². The van der Waals surface area contributed by atoms with Gasteiger partial charge in [0, 0.05) is 32.3 Å². The van der Waals surface area contributed by atoms with Crippen LogP contribution in [0.1, 0.15) is 73.5 Å². The Bertz CT molecular complexity index is 626. The lowest BCUT2D eigenvalue weighted by Gasteiger charge is -2.38. The zero-order valence-electron chi connectivity index (χ0n) is 17.4. The number of likely N-dealkylation sites (tertiary alicyclic amines) is 1. The van der Waals surface area contributed by atoms with Crippen LogP contribution >= 0.6 is 11.3 Å². The van der Waals surface area contributed by atoms with Gasteiger partial charge in [-0.25, -0.2) is 0 Å². The van der Waals surface area contributed by atoms with Crippen LogP contribution in [0.2, 0.25) is 0 Å². The summed E-state index contributed by atoms with van der Waals surface area (Å²) in [5.74, 6) is 0.978. The molecule has 3 fully saturated rings. The normalized spacial score (nSPS) is 25.1. The quantitative estimate of drug-likeness (QED) is 0.594. The number of rotatable bonds is 8. The molecule has 0 amide bonds. The van der Waals surface area contributed by atoms with Crippen LogP contribution in [0.3, 0.4) is 0 Å². The van der Waals surface area contributed by atoms with Gasteiger partial charge in [-0.3, -0.25) is 9.69 Å². The highest BCUT2D eigenvalue weighted by molar-refractivity contribution is 7.12. The average Bonchev–Trinajstić information content (AvgIpc) is 3.45. The molecule has 4 rings (SSSR count). The molecule has 1 aromatic heterocycles. The lowest BCUT2D eigenvalue weighted by Crippen LogP contribution is -2.43.